The summed E-state index contributed by atoms with van der Waals surface area (Å²) in [4.78, 5) is 4.84. The minimum atomic E-state index is -0.665. The summed E-state index contributed by atoms with van der Waals surface area (Å²) in [5.74, 6) is 0. The quantitative estimate of drug-likeness (QED) is 0.166. The number of fused-ring (bicyclic) bond motifs is 12. The average molecular weight is 783 g/mol. The third kappa shape index (κ3) is 5.85. The standard InChI is InChI=1S/C59H46N2/c1-39-17-25-43(26-18-39)60(44-27-19-40(2)20-28-44)47-33-35-53-49-11-5-6-12-50(49)54-36-34-48(61(45-29-21-41(3)22-30-45)46-31-23-42(4)24-32-46)38-58(54)59(57(53)37-47)55-15-9-7-13-51(55)52-14-8-10-16-56(52)59/h5-38H,1-4H3. The zero-order chi connectivity index (χ0) is 41.2. The van der Waals surface area contributed by atoms with Crippen molar-refractivity contribution >= 4 is 34.1 Å². The summed E-state index contributed by atoms with van der Waals surface area (Å²) in [6, 6.07) is 77.4. The second kappa shape index (κ2) is 14.4. The van der Waals surface area contributed by atoms with Gasteiger partial charge in [0.1, 0.15) is 0 Å². The number of nitrogens with zero attached hydrogens (tertiary/aromatic N) is 2. The summed E-state index contributed by atoms with van der Waals surface area (Å²) in [5, 5.41) is 0. The molecule has 9 aromatic carbocycles. The smallest absolute Gasteiger partial charge is 0.0727 e. The van der Waals surface area contributed by atoms with E-state index in [1.165, 1.54) is 77.9 Å². The highest BCUT2D eigenvalue weighted by atomic mass is 15.1. The molecule has 9 aromatic rings. The molecule has 0 aliphatic heterocycles. The minimum Gasteiger partial charge on any atom is -0.310 e. The predicted octanol–water partition coefficient (Wildman–Crippen LogP) is 15.9. The van der Waals surface area contributed by atoms with E-state index >= 15 is 0 Å². The summed E-state index contributed by atoms with van der Waals surface area (Å²) in [6.45, 7) is 8.62. The number of hydrogen-bond acceptors (Lipinski definition) is 2. The first-order chi connectivity index (χ1) is 29.9. The van der Waals surface area contributed by atoms with Gasteiger partial charge in [-0.2, -0.15) is 0 Å². The number of rotatable bonds is 6. The molecule has 2 heteroatoms. The van der Waals surface area contributed by atoms with Gasteiger partial charge in [0, 0.05) is 34.1 Å². The SMILES string of the molecule is Cc1ccc(N(c2ccc(C)cc2)c2ccc3c(c2)C2(c4cc(N(c5ccc(C)cc5)c5ccc(C)cc5)ccc4-c4ccccc4-3)c3ccccc3-c3ccccc32)cc1. The van der Waals surface area contributed by atoms with Crippen LogP contribution in [0.3, 0.4) is 0 Å². The van der Waals surface area contributed by atoms with Gasteiger partial charge in [-0.1, -0.05) is 156 Å². The summed E-state index contributed by atoms with van der Waals surface area (Å²) in [7, 11) is 0. The van der Waals surface area contributed by atoms with Gasteiger partial charge in [-0.15, -0.1) is 0 Å². The molecule has 2 aliphatic rings. The Labute approximate surface area is 359 Å². The number of aryl methyl sites for hydroxylation is 4. The Morgan fingerprint density at radius 3 is 0.836 bits per heavy atom. The molecule has 0 unspecified atom stereocenters. The number of anilines is 6. The number of benzene rings is 9. The van der Waals surface area contributed by atoms with Gasteiger partial charge in [0.05, 0.1) is 5.41 Å². The molecular formula is C59H46N2. The molecule has 0 saturated heterocycles. The fraction of sp³-hybridized carbons (Fsp3) is 0.0847. The normalized spacial score (nSPS) is 12.7. The molecule has 2 aliphatic carbocycles. The largest absolute Gasteiger partial charge is 0.310 e. The summed E-state index contributed by atoms with van der Waals surface area (Å²) >= 11 is 0. The van der Waals surface area contributed by atoms with Crippen LogP contribution in [0.5, 0.6) is 0 Å². The van der Waals surface area contributed by atoms with E-state index in [0.29, 0.717) is 0 Å². The molecule has 0 amide bonds. The molecule has 11 rings (SSSR count). The lowest BCUT2D eigenvalue weighted by molar-refractivity contribution is 0.775. The van der Waals surface area contributed by atoms with Gasteiger partial charge >= 0.3 is 0 Å². The predicted molar refractivity (Wildman–Crippen MR) is 256 cm³/mol. The van der Waals surface area contributed by atoms with Crippen molar-refractivity contribution in [2.75, 3.05) is 9.80 Å². The van der Waals surface area contributed by atoms with Gasteiger partial charge < -0.3 is 9.80 Å². The van der Waals surface area contributed by atoms with Crippen molar-refractivity contribution < 1.29 is 0 Å². The zero-order valence-electron chi connectivity index (χ0n) is 35.0. The van der Waals surface area contributed by atoms with E-state index in [-0.39, 0.29) is 0 Å². The number of hydrogen-bond donors (Lipinski definition) is 0. The molecule has 0 bridgehead atoms. The third-order valence-electron chi connectivity index (χ3n) is 13.0. The van der Waals surface area contributed by atoms with Gasteiger partial charge in [0.2, 0.25) is 0 Å². The van der Waals surface area contributed by atoms with Crippen LogP contribution in [0, 0.1) is 27.7 Å². The monoisotopic (exact) mass is 782 g/mol. The summed E-state index contributed by atoms with van der Waals surface area (Å²) in [5.41, 5.74) is 23.7. The first-order valence-electron chi connectivity index (χ1n) is 21.3. The van der Waals surface area contributed by atoms with Crippen molar-refractivity contribution in [1.29, 1.82) is 0 Å². The van der Waals surface area contributed by atoms with Crippen molar-refractivity contribution in [2.24, 2.45) is 0 Å². The highest BCUT2D eigenvalue weighted by molar-refractivity contribution is 5.99. The van der Waals surface area contributed by atoms with Gasteiger partial charge in [-0.05, 0) is 156 Å². The molecule has 0 radical (unpaired) electrons. The molecule has 1 spiro atoms. The Hall–Kier alpha value is -7.42. The van der Waals surface area contributed by atoms with Crippen LogP contribution < -0.4 is 9.80 Å². The van der Waals surface area contributed by atoms with E-state index in [4.69, 9.17) is 0 Å². The Kier molecular flexibility index (Phi) is 8.65. The molecule has 0 N–H and O–H groups in total. The highest BCUT2D eigenvalue weighted by Gasteiger charge is 2.50. The van der Waals surface area contributed by atoms with E-state index < -0.39 is 5.41 Å². The Balaban J connectivity index is 1.26. The molecule has 292 valence electrons. The Morgan fingerprint density at radius 2 is 0.508 bits per heavy atom. The molecular weight excluding hydrogens is 737 g/mol. The van der Waals surface area contributed by atoms with E-state index in [1.54, 1.807) is 0 Å². The summed E-state index contributed by atoms with van der Waals surface area (Å²) in [6.07, 6.45) is 0. The van der Waals surface area contributed by atoms with Crippen molar-refractivity contribution in [3.05, 3.63) is 251 Å². The molecule has 0 aromatic heterocycles. The van der Waals surface area contributed by atoms with Crippen LogP contribution in [-0.4, -0.2) is 0 Å². The Morgan fingerprint density at radius 1 is 0.246 bits per heavy atom. The van der Waals surface area contributed by atoms with Crippen molar-refractivity contribution in [3.8, 4) is 33.4 Å². The maximum atomic E-state index is 2.50. The summed E-state index contributed by atoms with van der Waals surface area (Å²) < 4.78 is 0. The second-order valence-corrected chi connectivity index (χ2v) is 16.9. The van der Waals surface area contributed by atoms with Crippen molar-refractivity contribution in [3.63, 3.8) is 0 Å². The zero-order valence-corrected chi connectivity index (χ0v) is 35.0. The topological polar surface area (TPSA) is 6.48 Å². The average Bonchev–Trinajstić information content (AvgIpc) is 3.54. The van der Waals surface area contributed by atoms with Crippen LogP contribution in [0.1, 0.15) is 44.5 Å². The molecule has 0 atom stereocenters. The van der Waals surface area contributed by atoms with E-state index in [0.717, 1.165) is 34.1 Å². The fourth-order valence-corrected chi connectivity index (χ4v) is 10.0. The molecule has 61 heavy (non-hydrogen) atoms. The first kappa shape index (κ1) is 36.6. The minimum absolute atomic E-state index is 0.665. The lowest BCUT2D eigenvalue weighted by Crippen LogP contribution is -2.30. The van der Waals surface area contributed by atoms with Gasteiger partial charge in [0.25, 0.3) is 0 Å². The van der Waals surface area contributed by atoms with E-state index in [9.17, 15) is 0 Å². The first-order valence-corrected chi connectivity index (χ1v) is 21.3. The lowest BCUT2D eigenvalue weighted by Gasteiger charge is -2.37. The van der Waals surface area contributed by atoms with E-state index in [2.05, 4.69) is 244 Å². The van der Waals surface area contributed by atoms with Gasteiger partial charge in [0.15, 0.2) is 0 Å². The Bertz CT molecular complexity index is 2800. The van der Waals surface area contributed by atoms with Crippen LogP contribution >= 0.6 is 0 Å². The highest BCUT2D eigenvalue weighted by Crippen LogP contribution is 2.62. The molecule has 2 nitrogen and oxygen atoms in total. The van der Waals surface area contributed by atoms with E-state index in [1.807, 2.05) is 0 Å². The van der Waals surface area contributed by atoms with Crippen LogP contribution in [-0.2, 0) is 5.41 Å². The fourth-order valence-electron chi connectivity index (χ4n) is 10.0. The van der Waals surface area contributed by atoms with Crippen LogP contribution in [0.2, 0.25) is 0 Å². The van der Waals surface area contributed by atoms with Gasteiger partial charge in [-0.3, -0.25) is 0 Å². The lowest BCUT2D eigenvalue weighted by atomic mass is 9.65. The van der Waals surface area contributed by atoms with Crippen LogP contribution in [0.15, 0.2) is 206 Å². The third-order valence-corrected chi connectivity index (χ3v) is 13.0. The molecule has 0 heterocycles. The maximum Gasteiger partial charge on any atom is 0.0727 e. The molecule has 0 saturated carbocycles. The van der Waals surface area contributed by atoms with Crippen LogP contribution in [0.25, 0.3) is 33.4 Å². The van der Waals surface area contributed by atoms with Crippen molar-refractivity contribution in [2.45, 2.75) is 33.1 Å². The van der Waals surface area contributed by atoms with Crippen LogP contribution in [0.4, 0.5) is 34.1 Å². The van der Waals surface area contributed by atoms with Gasteiger partial charge in [-0.25, -0.2) is 0 Å². The van der Waals surface area contributed by atoms with Crippen molar-refractivity contribution in [1.82, 2.24) is 0 Å². The molecule has 0 fully saturated rings. The second-order valence-electron chi connectivity index (χ2n) is 16.9. The maximum absolute atomic E-state index is 2.50.